The monoisotopic (exact) mass is 446 g/mol. The smallest absolute Gasteiger partial charge is 0.276 e. The summed E-state index contributed by atoms with van der Waals surface area (Å²) in [5.74, 6) is 0.469. The molecule has 5 rings (SSSR count). The fourth-order valence-corrected chi connectivity index (χ4v) is 3.88. The van der Waals surface area contributed by atoms with Crippen LogP contribution < -0.4 is 4.90 Å². The van der Waals surface area contributed by atoms with E-state index in [2.05, 4.69) is 30.2 Å². The average Bonchev–Trinajstić information content (AvgIpc) is 3.30. The zero-order valence-electron chi connectivity index (χ0n) is 17.0. The minimum absolute atomic E-state index is 0.197. The van der Waals surface area contributed by atoms with Gasteiger partial charge in [0, 0.05) is 44.8 Å². The van der Waals surface area contributed by atoms with E-state index in [0.717, 1.165) is 0 Å². The Morgan fingerprint density at radius 1 is 0.844 bits per heavy atom. The van der Waals surface area contributed by atoms with Gasteiger partial charge in [0.05, 0.1) is 16.4 Å². The molecule has 0 saturated carbocycles. The predicted molar refractivity (Wildman–Crippen MR) is 120 cm³/mol. The first-order chi connectivity index (χ1) is 15.7. The molecule has 10 heteroatoms. The van der Waals surface area contributed by atoms with Gasteiger partial charge in [0.15, 0.2) is 5.69 Å². The molecule has 0 spiro atoms. The highest BCUT2D eigenvalue weighted by molar-refractivity contribution is 6.32. The number of hydrogen-bond donors (Lipinski definition) is 0. The second kappa shape index (κ2) is 8.72. The molecular weight excluding hydrogens is 428 g/mol. The van der Waals surface area contributed by atoms with Gasteiger partial charge in [0.2, 0.25) is 5.95 Å². The van der Waals surface area contributed by atoms with Crippen molar-refractivity contribution in [2.45, 2.75) is 0 Å². The van der Waals surface area contributed by atoms with Crippen LogP contribution in [0.15, 0.2) is 67.1 Å². The zero-order chi connectivity index (χ0) is 21.9. The molecule has 1 aliphatic heterocycles. The molecular formula is C22H19ClN8O. The van der Waals surface area contributed by atoms with E-state index in [0.29, 0.717) is 54.2 Å². The number of pyridine rings is 1. The van der Waals surface area contributed by atoms with E-state index in [-0.39, 0.29) is 11.6 Å². The third kappa shape index (κ3) is 3.78. The van der Waals surface area contributed by atoms with Crippen molar-refractivity contribution < 1.29 is 4.79 Å². The SMILES string of the molecule is O=C(c1nnn(-c2ccccc2Cl)c1-c1ccccn1)N1CCN(c2ncccn2)CC1. The first-order valence-corrected chi connectivity index (χ1v) is 10.5. The number of nitrogens with zero attached hydrogens (tertiary/aromatic N) is 8. The van der Waals surface area contributed by atoms with Crippen LogP contribution in [-0.4, -0.2) is 66.9 Å². The minimum atomic E-state index is -0.197. The molecule has 0 unspecified atom stereocenters. The summed E-state index contributed by atoms with van der Waals surface area (Å²) in [7, 11) is 0. The van der Waals surface area contributed by atoms with Crippen LogP contribution in [0.2, 0.25) is 5.02 Å². The average molecular weight is 447 g/mol. The van der Waals surface area contributed by atoms with Crippen molar-refractivity contribution in [1.82, 2.24) is 34.8 Å². The summed E-state index contributed by atoms with van der Waals surface area (Å²) in [5.41, 5.74) is 1.98. The van der Waals surface area contributed by atoms with Gasteiger partial charge in [0.25, 0.3) is 5.91 Å². The van der Waals surface area contributed by atoms with Crippen LogP contribution in [0.25, 0.3) is 17.1 Å². The van der Waals surface area contributed by atoms with E-state index in [1.54, 1.807) is 40.3 Å². The Bertz CT molecular complexity index is 1220. The molecule has 4 heterocycles. The maximum absolute atomic E-state index is 13.5. The first kappa shape index (κ1) is 20.1. The van der Waals surface area contributed by atoms with Crippen molar-refractivity contribution >= 4 is 23.5 Å². The molecule has 1 aliphatic rings. The van der Waals surface area contributed by atoms with Gasteiger partial charge < -0.3 is 9.80 Å². The molecule has 1 aromatic carbocycles. The van der Waals surface area contributed by atoms with Crippen LogP contribution >= 0.6 is 11.6 Å². The van der Waals surface area contributed by atoms with E-state index < -0.39 is 0 Å². The van der Waals surface area contributed by atoms with Crippen LogP contribution in [-0.2, 0) is 0 Å². The molecule has 4 aromatic rings. The lowest BCUT2D eigenvalue weighted by Crippen LogP contribution is -2.49. The minimum Gasteiger partial charge on any atom is -0.337 e. The van der Waals surface area contributed by atoms with Gasteiger partial charge in [-0.3, -0.25) is 9.78 Å². The predicted octanol–water partition coefficient (Wildman–Crippen LogP) is 2.74. The number of aromatic nitrogens is 6. The summed E-state index contributed by atoms with van der Waals surface area (Å²) in [6, 6.07) is 14.6. The van der Waals surface area contributed by atoms with E-state index >= 15 is 0 Å². The summed E-state index contributed by atoms with van der Waals surface area (Å²) < 4.78 is 1.58. The third-order valence-electron chi connectivity index (χ3n) is 5.26. The number of anilines is 1. The fraction of sp³-hybridized carbons (Fsp3) is 0.182. The Hall–Kier alpha value is -3.85. The van der Waals surface area contributed by atoms with Gasteiger partial charge >= 0.3 is 0 Å². The molecule has 0 aliphatic carbocycles. The summed E-state index contributed by atoms with van der Waals surface area (Å²) >= 11 is 6.41. The van der Waals surface area contributed by atoms with E-state index in [4.69, 9.17) is 11.6 Å². The Balaban J connectivity index is 1.46. The quantitative estimate of drug-likeness (QED) is 0.475. The Morgan fingerprint density at radius 3 is 2.28 bits per heavy atom. The van der Waals surface area contributed by atoms with Crippen molar-refractivity contribution in [1.29, 1.82) is 0 Å². The summed E-state index contributed by atoms with van der Waals surface area (Å²) in [6.45, 7) is 2.32. The van der Waals surface area contributed by atoms with Gasteiger partial charge in [-0.15, -0.1) is 5.10 Å². The number of amides is 1. The van der Waals surface area contributed by atoms with E-state index in [9.17, 15) is 4.79 Å². The van der Waals surface area contributed by atoms with Gasteiger partial charge in [-0.1, -0.05) is 35.0 Å². The first-order valence-electron chi connectivity index (χ1n) is 10.2. The lowest BCUT2D eigenvalue weighted by Gasteiger charge is -2.34. The Labute approximate surface area is 189 Å². The highest BCUT2D eigenvalue weighted by atomic mass is 35.5. The number of rotatable bonds is 4. The molecule has 1 saturated heterocycles. The van der Waals surface area contributed by atoms with Crippen LogP contribution in [0.1, 0.15) is 10.5 Å². The summed E-state index contributed by atoms with van der Waals surface area (Å²) in [5, 5.41) is 9.02. The maximum atomic E-state index is 13.5. The molecule has 32 heavy (non-hydrogen) atoms. The number of hydrogen-bond acceptors (Lipinski definition) is 7. The third-order valence-corrected chi connectivity index (χ3v) is 5.58. The number of para-hydroxylation sites is 1. The Kier molecular flexibility index (Phi) is 5.47. The summed E-state index contributed by atoms with van der Waals surface area (Å²) in [6.07, 6.45) is 5.10. The number of carbonyl (C=O) groups is 1. The number of carbonyl (C=O) groups excluding carboxylic acids is 1. The molecule has 9 nitrogen and oxygen atoms in total. The number of piperazine rings is 1. The molecule has 0 bridgehead atoms. The number of halogens is 1. The standard InChI is InChI=1S/C22H19ClN8O/c23-16-6-1-2-8-18(16)31-20(17-7-3-4-9-24-17)19(27-28-31)21(32)29-12-14-30(15-13-29)22-25-10-5-11-26-22/h1-11H,12-15H2. The zero-order valence-corrected chi connectivity index (χ0v) is 17.8. The molecule has 0 radical (unpaired) electrons. The van der Waals surface area contributed by atoms with Crippen molar-refractivity contribution in [3.05, 3.63) is 77.8 Å². The molecule has 0 atom stereocenters. The van der Waals surface area contributed by atoms with Crippen LogP contribution in [0.4, 0.5) is 5.95 Å². The number of benzene rings is 1. The van der Waals surface area contributed by atoms with Crippen molar-refractivity contribution in [3.8, 4) is 17.1 Å². The van der Waals surface area contributed by atoms with Crippen LogP contribution in [0.3, 0.4) is 0 Å². The van der Waals surface area contributed by atoms with Gasteiger partial charge in [0.1, 0.15) is 5.69 Å². The van der Waals surface area contributed by atoms with Gasteiger partial charge in [-0.05, 0) is 30.3 Å². The second-order valence-corrected chi connectivity index (χ2v) is 7.60. The molecule has 0 N–H and O–H groups in total. The normalized spacial score (nSPS) is 13.9. The molecule has 3 aromatic heterocycles. The highest BCUT2D eigenvalue weighted by Gasteiger charge is 2.30. The largest absolute Gasteiger partial charge is 0.337 e. The molecule has 160 valence electrons. The molecule has 1 fully saturated rings. The Morgan fingerprint density at radius 2 is 1.56 bits per heavy atom. The van der Waals surface area contributed by atoms with Crippen molar-refractivity contribution in [3.63, 3.8) is 0 Å². The highest BCUT2D eigenvalue weighted by Crippen LogP contribution is 2.28. The molecule has 1 amide bonds. The van der Waals surface area contributed by atoms with Gasteiger partial charge in [-0.25, -0.2) is 14.6 Å². The van der Waals surface area contributed by atoms with Crippen LogP contribution in [0.5, 0.6) is 0 Å². The summed E-state index contributed by atoms with van der Waals surface area (Å²) in [4.78, 5) is 30.3. The van der Waals surface area contributed by atoms with Crippen molar-refractivity contribution in [2.24, 2.45) is 0 Å². The van der Waals surface area contributed by atoms with Crippen molar-refractivity contribution in [2.75, 3.05) is 31.1 Å². The van der Waals surface area contributed by atoms with E-state index in [1.165, 1.54) is 0 Å². The lowest BCUT2D eigenvalue weighted by atomic mass is 10.1. The van der Waals surface area contributed by atoms with Gasteiger partial charge in [-0.2, -0.15) is 0 Å². The fourth-order valence-electron chi connectivity index (χ4n) is 3.66. The van der Waals surface area contributed by atoms with E-state index in [1.807, 2.05) is 36.4 Å². The lowest BCUT2D eigenvalue weighted by molar-refractivity contribution is 0.0741. The van der Waals surface area contributed by atoms with Crippen LogP contribution in [0, 0.1) is 0 Å². The second-order valence-electron chi connectivity index (χ2n) is 7.19. The topological polar surface area (TPSA) is 92.9 Å². The maximum Gasteiger partial charge on any atom is 0.276 e.